The van der Waals surface area contributed by atoms with Crippen LogP contribution < -0.4 is 9.47 Å². The maximum absolute atomic E-state index is 13.2. The Labute approximate surface area is 187 Å². The van der Waals surface area contributed by atoms with Gasteiger partial charge in [-0.3, -0.25) is 14.6 Å². The quantitative estimate of drug-likeness (QED) is 0.665. The molecule has 3 heterocycles. The summed E-state index contributed by atoms with van der Waals surface area (Å²) in [6.45, 7) is 8.84. The fourth-order valence-electron chi connectivity index (χ4n) is 4.49. The molecule has 32 heavy (non-hydrogen) atoms. The first-order valence-corrected chi connectivity index (χ1v) is 11.1. The van der Waals surface area contributed by atoms with Crippen LogP contribution in [0.4, 0.5) is 4.39 Å². The molecule has 1 saturated heterocycles. The highest BCUT2D eigenvalue weighted by molar-refractivity contribution is 6.15. The van der Waals surface area contributed by atoms with E-state index in [0.29, 0.717) is 23.6 Å². The summed E-state index contributed by atoms with van der Waals surface area (Å²) in [5, 5.41) is 0. The summed E-state index contributed by atoms with van der Waals surface area (Å²) in [6, 6.07) is 7.88. The smallest absolute Gasteiger partial charge is 0.231 e. The number of carbonyl (C=O) groups excluding carboxylic acids is 1. The number of allylic oxidation sites excluding steroid dienone is 1. The molecule has 2 aromatic rings. The van der Waals surface area contributed by atoms with Crippen LogP contribution in [0.25, 0.3) is 6.08 Å². The molecule has 0 N–H and O–H groups in total. The molecule has 3 aliphatic heterocycles. The van der Waals surface area contributed by atoms with Gasteiger partial charge in [-0.1, -0.05) is 12.1 Å². The number of benzene rings is 2. The number of ether oxygens (including phenoxy) is 3. The largest absolute Gasteiger partial charge is 0.477 e. The zero-order chi connectivity index (χ0) is 22.1. The van der Waals surface area contributed by atoms with Gasteiger partial charge >= 0.3 is 0 Å². The molecule has 7 heteroatoms. The lowest BCUT2D eigenvalue weighted by Gasteiger charge is -2.31. The van der Waals surface area contributed by atoms with E-state index in [-0.39, 0.29) is 17.4 Å². The second-order valence-electron chi connectivity index (χ2n) is 8.49. The zero-order valence-electron chi connectivity index (χ0n) is 18.2. The number of rotatable bonds is 5. The monoisotopic (exact) mass is 438 g/mol. The molecule has 2 aromatic carbocycles. The number of Topliss-reactive ketones (excluding diaryl/α,β-unsaturated/α-hetero) is 1. The first-order valence-electron chi connectivity index (χ1n) is 11.1. The van der Waals surface area contributed by atoms with E-state index in [1.165, 1.54) is 12.1 Å². The Morgan fingerprint density at radius 3 is 2.59 bits per heavy atom. The first kappa shape index (κ1) is 21.1. The van der Waals surface area contributed by atoms with Crippen molar-refractivity contribution in [2.24, 2.45) is 0 Å². The summed E-state index contributed by atoms with van der Waals surface area (Å²) in [6.07, 6.45) is 2.72. The highest BCUT2D eigenvalue weighted by Gasteiger charge is 2.33. The molecule has 1 fully saturated rings. The van der Waals surface area contributed by atoms with Crippen molar-refractivity contribution < 1.29 is 23.4 Å². The molecule has 0 bridgehead atoms. The van der Waals surface area contributed by atoms with Crippen molar-refractivity contribution in [2.45, 2.75) is 19.9 Å². The van der Waals surface area contributed by atoms with Crippen LogP contribution in [0.15, 0.2) is 36.1 Å². The topological polar surface area (TPSA) is 51.2 Å². The lowest BCUT2D eigenvalue weighted by molar-refractivity contribution is 0.0329. The second kappa shape index (κ2) is 9.02. The van der Waals surface area contributed by atoms with Crippen molar-refractivity contribution in [3.05, 3.63) is 64.2 Å². The van der Waals surface area contributed by atoms with Gasteiger partial charge in [0.25, 0.3) is 0 Å². The minimum Gasteiger partial charge on any atom is -0.477 e. The van der Waals surface area contributed by atoms with Crippen LogP contribution in [0.1, 0.15) is 33.5 Å². The third kappa shape index (κ3) is 4.28. The number of carbonyl (C=O) groups is 1. The van der Waals surface area contributed by atoms with Gasteiger partial charge in [-0.2, -0.15) is 0 Å². The van der Waals surface area contributed by atoms with E-state index >= 15 is 0 Å². The number of hydrogen-bond acceptors (Lipinski definition) is 6. The van der Waals surface area contributed by atoms with Gasteiger partial charge in [0.05, 0.1) is 18.8 Å². The van der Waals surface area contributed by atoms with Gasteiger partial charge in [-0.25, -0.2) is 4.39 Å². The van der Waals surface area contributed by atoms with Crippen molar-refractivity contribution in [1.82, 2.24) is 9.80 Å². The Hall–Kier alpha value is -2.74. The highest BCUT2D eigenvalue weighted by Crippen LogP contribution is 2.43. The van der Waals surface area contributed by atoms with E-state index in [1.54, 1.807) is 18.2 Å². The van der Waals surface area contributed by atoms with Gasteiger partial charge < -0.3 is 14.2 Å². The summed E-state index contributed by atoms with van der Waals surface area (Å²) in [5.41, 5.74) is 3.14. The van der Waals surface area contributed by atoms with E-state index in [9.17, 15) is 9.18 Å². The van der Waals surface area contributed by atoms with E-state index < -0.39 is 0 Å². The first-order chi connectivity index (χ1) is 15.6. The van der Waals surface area contributed by atoms with E-state index in [1.807, 2.05) is 13.0 Å². The Morgan fingerprint density at radius 2 is 1.81 bits per heavy atom. The Bertz CT molecular complexity index is 1040. The Kier molecular flexibility index (Phi) is 5.95. The lowest BCUT2D eigenvalue weighted by atomic mass is 10.00. The number of ketones is 1. The summed E-state index contributed by atoms with van der Waals surface area (Å²) in [4.78, 5) is 17.7. The average Bonchev–Trinajstić information content (AvgIpc) is 3.12. The SMILES string of the molecule is Cc1c2c(cc3c1O/C(=C\c1ccc(F)cc1)C3=O)CN(CCCN1CCOCC1)CO2. The molecule has 5 rings (SSSR count). The molecule has 0 atom stereocenters. The predicted molar refractivity (Wildman–Crippen MR) is 118 cm³/mol. The lowest BCUT2D eigenvalue weighted by Crippen LogP contribution is -2.39. The third-order valence-corrected chi connectivity index (χ3v) is 6.22. The maximum atomic E-state index is 13.2. The van der Waals surface area contributed by atoms with E-state index in [2.05, 4.69) is 9.80 Å². The number of nitrogens with zero attached hydrogens (tertiary/aromatic N) is 2. The van der Waals surface area contributed by atoms with Crippen LogP contribution in [0, 0.1) is 12.7 Å². The van der Waals surface area contributed by atoms with Crippen molar-refractivity contribution >= 4 is 11.9 Å². The zero-order valence-corrected chi connectivity index (χ0v) is 18.2. The second-order valence-corrected chi connectivity index (χ2v) is 8.49. The third-order valence-electron chi connectivity index (χ3n) is 6.22. The molecule has 0 spiro atoms. The van der Waals surface area contributed by atoms with Gasteiger partial charge in [0.1, 0.15) is 24.0 Å². The number of morpholine rings is 1. The Morgan fingerprint density at radius 1 is 1.06 bits per heavy atom. The van der Waals surface area contributed by atoms with Gasteiger partial charge in [0.2, 0.25) is 5.78 Å². The minimum absolute atomic E-state index is 0.153. The maximum Gasteiger partial charge on any atom is 0.231 e. The molecular weight excluding hydrogens is 411 g/mol. The molecule has 0 aromatic heterocycles. The highest BCUT2D eigenvalue weighted by atomic mass is 19.1. The molecule has 0 aliphatic carbocycles. The normalized spacial score (nSPS) is 20.1. The predicted octanol–water partition coefficient (Wildman–Crippen LogP) is 3.62. The molecule has 0 radical (unpaired) electrons. The fraction of sp³-hybridized carbons (Fsp3) is 0.400. The van der Waals surface area contributed by atoms with Crippen molar-refractivity contribution in [3.8, 4) is 11.5 Å². The van der Waals surface area contributed by atoms with Gasteiger partial charge in [-0.15, -0.1) is 0 Å². The molecule has 0 unspecified atom stereocenters. The van der Waals surface area contributed by atoms with Gasteiger partial charge in [0.15, 0.2) is 5.76 Å². The van der Waals surface area contributed by atoms with Gasteiger partial charge in [0, 0.05) is 37.3 Å². The fourth-order valence-corrected chi connectivity index (χ4v) is 4.49. The van der Waals surface area contributed by atoms with Crippen LogP contribution in [0.2, 0.25) is 0 Å². The van der Waals surface area contributed by atoms with Crippen molar-refractivity contribution in [2.75, 3.05) is 46.1 Å². The summed E-state index contributed by atoms with van der Waals surface area (Å²) in [7, 11) is 0. The van der Waals surface area contributed by atoms with Gasteiger partial charge in [-0.05, 0) is 49.7 Å². The van der Waals surface area contributed by atoms with E-state index in [0.717, 1.165) is 69.2 Å². The van der Waals surface area contributed by atoms with Crippen LogP contribution >= 0.6 is 0 Å². The molecule has 0 saturated carbocycles. The minimum atomic E-state index is -0.315. The van der Waals surface area contributed by atoms with Crippen LogP contribution in [-0.2, 0) is 11.3 Å². The molecule has 6 nitrogen and oxygen atoms in total. The Balaban J connectivity index is 1.28. The average molecular weight is 438 g/mol. The molecule has 168 valence electrons. The van der Waals surface area contributed by atoms with Crippen molar-refractivity contribution in [3.63, 3.8) is 0 Å². The molecule has 0 amide bonds. The standard InChI is InChI=1S/C25H27FN2O4/c1-17-24-19(15-28(16-31-24)8-2-7-27-9-11-30-12-10-27)14-21-23(29)22(32-25(17)21)13-18-3-5-20(26)6-4-18/h3-6,13-14H,2,7-12,15-16H2,1H3/b22-13-. The van der Waals surface area contributed by atoms with Crippen LogP contribution in [0.3, 0.4) is 0 Å². The number of halogens is 1. The molecular formula is C25H27FN2O4. The summed E-state index contributed by atoms with van der Waals surface area (Å²) in [5.74, 6) is 1.15. The summed E-state index contributed by atoms with van der Waals surface area (Å²) < 4.78 is 30.6. The van der Waals surface area contributed by atoms with Crippen molar-refractivity contribution in [1.29, 1.82) is 0 Å². The molecule has 3 aliphatic rings. The number of hydrogen-bond donors (Lipinski definition) is 0. The number of fused-ring (bicyclic) bond motifs is 2. The van der Waals surface area contributed by atoms with E-state index in [4.69, 9.17) is 14.2 Å². The summed E-state index contributed by atoms with van der Waals surface area (Å²) >= 11 is 0. The van der Waals surface area contributed by atoms with Crippen LogP contribution in [0.5, 0.6) is 11.5 Å². The van der Waals surface area contributed by atoms with Crippen LogP contribution in [-0.4, -0.2) is 61.7 Å².